The summed E-state index contributed by atoms with van der Waals surface area (Å²) in [5, 5.41) is 28.8. The van der Waals surface area contributed by atoms with Gasteiger partial charge in [-0.15, -0.1) is 22.7 Å². The molecule has 7 aromatic carbocycles. The number of aromatic nitrogens is 2. The molecule has 230 valence electrons. The van der Waals surface area contributed by atoms with Crippen LogP contribution in [-0.2, 0) is 0 Å². The first-order chi connectivity index (χ1) is 24.7. The Morgan fingerprint density at radius 2 is 0.860 bits per heavy atom. The van der Waals surface area contributed by atoms with Gasteiger partial charge in [-0.3, -0.25) is 0 Å². The van der Waals surface area contributed by atoms with Gasteiger partial charge in [0.15, 0.2) is 0 Å². The lowest BCUT2D eigenvalue weighted by atomic mass is 10.1. The average molecular weight is 671 g/mol. The van der Waals surface area contributed by atoms with Crippen LogP contribution in [0.15, 0.2) is 133 Å². The third-order valence-electron chi connectivity index (χ3n) is 10.1. The lowest BCUT2D eigenvalue weighted by molar-refractivity contribution is 1.18. The molecule has 0 unspecified atom stereocenters. The molecule has 11 aromatic rings. The first-order valence-corrected chi connectivity index (χ1v) is 18.0. The van der Waals surface area contributed by atoms with E-state index in [4.69, 9.17) is 0 Å². The normalized spacial score (nSPS) is 12.0. The van der Waals surface area contributed by atoms with Gasteiger partial charge >= 0.3 is 0 Å². The molecule has 4 nitrogen and oxygen atoms in total. The zero-order valence-corrected chi connectivity index (χ0v) is 27.9. The number of thiophene rings is 2. The van der Waals surface area contributed by atoms with Crippen LogP contribution in [0.4, 0.5) is 0 Å². The van der Waals surface area contributed by atoms with Gasteiger partial charge < -0.3 is 9.13 Å². The number of hydrogen-bond acceptors (Lipinski definition) is 4. The maximum Gasteiger partial charge on any atom is 0.0991 e. The van der Waals surface area contributed by atoms with Gasteiger partial charge in [0.1, 0.15) is 0 Å². The summed E-state index contributed by atoms with van der Waals surface area (Å²) in [5.74, 6) is 0. The number of benzene rings is 7. The summed E-state index contributed by atoms with van der Waals surface area (Å²) < 4.78 is 9.76. The molecule has 0 saturated heterocycles. The predicted octanol–water partition coefficient (Wildman–Crippen LogP) is 12.4. The second kappa shape index (κ2) is 10.0. The third kappa shape index (κ3) is 3.72. The van der Waals surface area contributed by atoms with E-state index in [-0.39, 0.29) is 0 Å². The molecule has 6 heteroatoms. The van der Waals surface area contributed by atoms with Crippen molar-refractivity contribution in [1.29, 1.82) is 10.5 Å². The molecular formula is C44H22N4S2. The number of para-hydroxylation sites is 1. The summed E-state index contributed by atoms with van der Waals surface area (Å²) in [6, 6.07) is 51.9. The molecule has 0 amide bonds. The predicted molar refractivity (Wildman–Crippen MR) is 210 cm³/mol. The summed E-state index contributed by atoms with van der Waals surface area (Å²) >= 11 is 3.67. The van der Waals surface area contributed by atoms with E-state index in [2.05, 4.69) is 118 Å². The minimum absolute atomic E-state index is 0.601. The standard InChI is InChI=1S/C44H22N4S2/c45-23-25-9-13-38-31(17-25)32-18-26(24-46)10-14-39(32)47(38)27-11-15-42-34(19-27)35-20-28(12-16-43(35)49-42)48-37-7-3-1-5-29(37)33-21-36-30-6-2-4-8-41(30)50-44(36)22-40(33)48/h1-22H. The fourth-order valence-electron chi connectivity index (χ4n) is 7.94. The van der Waals surface area contributed by atoms with Gasteiger partial charge in [-0.25, -0.2) is 0 Å². The van der Waals surface area contributed by atoms with Crippen molar-refractivity contribution in [2.45, 2.75) is 0 Å². The van der Waals surface area contributed by atoms with Crippen molar-refractivity contribution in [1.82, 2.24) is 9.13 Å². The summed E-state index contributed by atoms with van der Waals surface area (Å²) in [7, 11) is 0. The van der Waals surface area contributed by atoms with E-state index in [1.165, 1.54) is 62.2 Å². The summed E-state index contributed by atoms with van der Waals surface area (Å²) in [4.78, 5) is 0. The number of nitriles is 2. The van der Waals surface area contributed by atoms with E-state index in [0.717, 1.165) is 33.2 Å². The average Bonchev–Trinajstić information content (AvgIpc) is 3.90. The number of fused-ring (bicyclic) bond motifs is 12. The molecular weight excluding hydrogens is 649 g/mol. The first kappa shape index (κ1) is 27.5. The molecule has 0 spiro atoms. The number of nitrogens with zero attached hydrogens (tertiary/aromatic N) is 4. The molecule has 0 aliphatic carbocycles. The zero-order valence-electron chi connectivity index (χ0n) is 26.3. The van der Waals surface area contributed by atoms with Crippen LogP contribution >= 0.6 is 22.7 Å². The van der Waals surface area contributed by atoms with Crippen molar-refractivity contribution < 1.29 is 0 Å². The second-order valence-corrected chi connectivity index (χ2v) is 15.0. The summed E-state index contributed by atoms with van der Waals surface area (Å²) in [5.41, 5.74) is 7.80. The molecule has 0 saturated carbocycles. The molecule has 0 aliphatic rings. The van der Waals surface area contributed by atoms with Crippen molar-refractivity contribution in [2.24, 2.45) is 0 Å². The zero-order chi connectivity index (χ0) is 33.1. The van der Waals surface area contributed by atoms with Gasteiger partial charge in [-0.05, 0) is 97.1 Å². The number of rotatable bonds is 2. The van der Waals surface area contributed by atoms with Crippen LogP contribution in [0, 0.1) is 22.7 Å². The van der Waals surface area contributed by atoms with Crippen LogP contribution in [0.2, 0.25) is 0 Å². The molecule has 11 rings (SSSR count). The van der Waals surface area contributed by atoms with E-state index < -0.39 is 0 Å². The maximum absolute atomic E-state index is 9.66. The quantitative estimate of drug-likeness (QED) is 0.184. The minimum Gasteiger partial charge on any atom is -0.309 e. The van der Waals surface area contributed by atoms with Crippen molar-refractivity contribution in [3.63, 3.8) is 0 Å². The highest BCUT2D eigenvalue weighted by Gasteiger charge is 2.18. The van der Waals surface area contributed by atoms with Crippen LogP contribution in [0.5, 0.6) is 0 Å². The van der Waals surface area contributed by atoms with E-state index in [1.54, 1.807) is 0 Å². The highest BCUT2D eigenvalue weighted by Crippen LogP contribution is 2.43. The van der Waals surface area contributed by atoms with Crippen molar-refractivity contribution in [3.8, 4) is 23.5 Å². The summed E-state index contributed by atoms with van der Waals surface area (Å²) in [6.07, 6.45) is 0. The highest BCUT2D eigenvalue weighted by atomic mass is 32.1. The van der Waals surface area contributed by atoms with E-state index in [1.807, 2.05) is 59.1 Å². The van der Waals surface area contributed by atoms with Gasteiger partial charge in [0.2, 0.25) is 0 Å². The van der Waals surface area contributed by atoms with Gasteiger partial charge in [-0.2, -0.15) is 10.5 Å². The Balaban J connectivity index is 1.16. The first-order valence-electron chi connectivity index (χ1n) is 16.4. The van der Waals surface area contributed by atoms with Crippen LogP contribution < -0.4 is 0 Å². The van der Waals surface area contributed by atoms with Crippen LogP contribution in [0.1, 0.15) is 11.1 Å². The fourth-order valence-corrected chi connectivity index (χ4v) is 10.1. The van der Waals surface area contributed by atoms with Crippen LogP contribution in [0.25, 0.3) is 95.3 Å². The second-order valence-electron chi connectivity index (χ2n) is 12.8. The molecule has 0 fully saturated rings. The third-order valence-corrected chi connectivity index (χ3v) is 12.4. The van der Waals surface area contributed by atoms with Gasteiger partial charge in [0, 0.05) is 73.3 Å². The topological polar surface area (TPSA) is 57.4 Å². The fraction of sp³-hybridized carbons (Fsp3) is 0. The molecule has 4 heterocycles. The van der Waals surface area contributed by atoms with Crippen molar-refractivity contribution in [3.05, 3.63) is 145 Å². The number of hydrogen-bond donors (Lipinski definition) is 0. The van der Waals surface area contributed by atoms with E-state index in [9.17, 15) is 10.5 Å². The Kier molecular flexibility index (Phi) is 5.52. The molecule has 0 radical (unpaired) electrons. The molecule has 0 atom stereocenters. The largest absolute Gasteiger partial charge is 0.309 e. The molecule has 0 bridgehead atoms. The Morgan fingerprint density at radius 3 is 1.52 bits per heavy atom. The SMILES string of the molecule is N#Cc1ccc2c(c1)c1cc(C#N)ccc1n2-c1ccc2sc3ccc(-n4c5ccccc5c5cc6c(cc54)sc4ccccc46)cc3c2c1. The minimum atomic E-state index is 0.601. The molecule has 50 heavy (non-hydrogen) atoms. The van der Waals surface area contributed by atoms with Gasteiger partial charge in [0.05, 0.1) is 45.3 Å². The Morgan fingerprint density at radius 1 is 0.360 bits per heavy atom. The Labute approximate surface area is 293 Å². The lowest BCUT2D eigenvalue weighted by Gasteiger charge is -2.10. The van der Waals surface area contributed by atoms with Crippen molar-refractivity contribution >= 4 is 107 Å². The Bertz CT molecular complexity index is 3280. The molecule has 4 aromatic heterocycles. The maximum atomic E-state index is 9.66. The highest BCUT2D eigenvalue weighted by molar-refractivity contribution is 7.26. The van der Waals surface area contributed by atoms with E-state index in [0.29, 0.717) is 11.1 Å². The molecule has 0 aliphatic heterocycles. The van der Waals surface area contributed by atoms with Crippen molar-refractivity contribution in [2.75, 3.05) is 0 Å². The molecule has 0 N–H and O–H groups in total. The summed E-state index contributed by atoms with van der Waals surface area (Å²) in [6.45, 7) is 0. The van der Waals surface area contributed by atoms with Gasteiger partial charge in [0.25, 0.3) is 0 Å². The van der Waals surface area contributed by atoms with Crippen LogP contribution in [0.3, 0.4) is 0 Å². The monoisotopic (exact) mass is 670 g/mol. The van der Waals surface area contributed by atoms with Gasteiger partial charge in [-0.1, -0.05) is 36.4 Å². The smallest absolute Gasteiger partial charge is 0.0991 e. The lowest BCUT2D eigenvalue weighted by Crippen LogP contribution is -1.94. The Hall–Kier alpha value is -6.44. The van der Waals surface area contributed by atoms with E-state index >= 15 is 0 Å². The van der Waals surface area contributed by atoms with Crippen LogP contribution in [-0.4, -0.2) is 9.13 Å².